The third-order valence-electron chi connectivity index (χ3n) is 1.05. The second-order valence-corrected chi connectivity index (χ2v) is 2.70. The van der Waals surface area contributed by atoms with Crippen LogP contribution in [0, 0.1) is 0 Å². The molecule has 6 heteroatoms. The standard InChI is InChI=1S/C5H5ClN2O2S/c1-10-5(9)4-3(2-6)7-8-11-4/h2H2,1H3. The average Bonchev–Trinajstić information content (AvgIpc) is 2.50. The van der Waals surface area contributed by atoms with Crippen LogP contribution < -0.4 is 0 Å². The highest BCUT2D eigenvalue weighted by molar-refractivity contribution is 7.07. The van der Waals surface area contributed by atoms with Gasteiger partial charge in [-0.3, -0.25) is 0 Å². The molecule has 1 rings (SSSR count). The molecular formula is C5H5ClN2O2S. The molecule has 0 atom stereocenters. The lowest BCUT2D eigenvalue weighted by Gasteiger charge is -1.93. The van der Waals surface area contributed by atoms with Crippen LogP contribution in [0.1, 0.15) is 15.4 Å². The van der Waals surface area contributed by atoms with Gasteiger partial charge in [0.05, 0.1) is 13.0 Å². The predicted molar refractivity (Wildman–Crippen MR) is 40.8 cm³/mol. The van der Waals surface area contributed by atoms with Gasteiger partial charge in [-0.1, -0.05) is 4.49 Å². The molecule has 0 unspecified atom stereocenters. The zero-order valence-corrected chi connectivity index (χ0v) is 7.28. The van der Waals surface area contributed by atoms with Crippen molar-refractivity contribution in [3.8, 4) is 0 Å². The van der Waals surface area contributed by atoms with E-state index in [9.17, 15) is 4.79 Å². The van der Waals surface area contributed by atoms with E-state index in [1.165, 1.54) is 7.11 Å². The number of nitrogens with zero attached hydrogens (tertiary/aromatic N) is 2. The molecule has 0 saturated heterocycles. The predicted octanol–water partition coefficient (Wildman–Crippen LogP) is 1.06. The molecule has 0 aliphatic heterocycles. The quantitative estimate of drug-likeness (QED) is 0.520. The summed E-state index contributed by atoms with van der Waals surface area (Å²) >= 11 is 6.46. The fourth-order valence-corrected chi connectivity index (χ4v) is 1.41. The summed E-state index contributed by atoms with van der Waals surface area (Å²) in [5.41, 5.74) is 0.475. The van der Waals surface area contributed by atoms with Crippen LogP contribution >= 0.6 is 23.1 Å². The normalized spacial score (nSPS) is 9.64. The summed E-state index contributed by atoms with van der Waals surface area (Å²) < 4.78 is 8.04. The fourth-order valence-electron chi connectivity index (χ4n) is 0.544. The number of hydrogen-bond donors (Lipinski definition) is 0. The number of rotatable bonds is 2. The van der Waals surface area contributed by atoms with Crippen molar-refractivity contribution < 1.29 is 9.53 Å². The lowest BCUT2D eigenvalue weighted by atomic mass is 10.4. The largest absolute Gasteiger partial charge is 0.465 e. The zero-order valence-electron chi connectivity index (χ0n) is 5.70. The van der Waals surface area contributed by atoms with Gasteiger partial charge in [0.25, 0.3) is 0 Å². The van der Waals surface area contributed by atoms with Crippen molar-refractivity contribution in [2.75, 3.05) is 7.11 Å². The van der Waals surface area contributed by atoms with E-state index in [1.54, 1.807) is 0 Å². The van der Waals surface area contributed by atoms with Gasteiger partial charge in [0.2, 0.25) is 0 Å². The number of carbonyl (C=O) groups excluding carboxylic acids is 1. The van der Waals surface area contributed by atoms with Crippen molar-refractivity contribution in [2.24, 2.45) is 0 Å². The van der Waals surface area contributed by atoms with Crippen molar-refractivity contribution in [1.29, 1.82) is 0 Å². The van der Waals surface area contributed by atoms with Crippen molar-refractivity contribution in [1.82, 2.24) is 9.59 Å². The molecule has 0 amide bonds. The summed E-state index contributed by atoms with van der Waals surface area (Å²) in [5.74, 6) is -0.253. The lowest BCUT2D eigenvalue weighted by Crippen LogP contribution is -2.01. The first-order valence-corrected chi connectivity index (χ1v) is 4.06. The van der Waals surface area contributed by atoms with E-state index in [4.69, 9.17) is 11.6 Å². The van der Waals surface area contributed by atoms with E-state index in [0.29, 0.717) is 10.6 Å². The Labute approximate surface area is 72.3 Å². The molecule has 1 heterocycles. The number of carbonyl (C=O) groups is 1. The summed E-state index contributed by atoms with van der Waals surface area (Å²) in [6.45, 7) is 0. The van der Waals surface area contributed by atoms with Crippen molar-refractivity contribution >= 4 is 29.1 Å². The number of methoxy groups -OCH3 is 1. The molecule has 4 nitrogen and oxygen atoms in total. The molecule has 0 aromatic carbocycles. The van der Waals surface area contributed by atoms with E-state index in [-0.39, 0.29) is 5.88 Å². The van der Waals surface area contributed by atoms with Crippen LogP contribution in [0.25, 0.3) is 0 Å². The molecule has 1 aromatic rings. The Morgan fingerprint density at radius 3 is 3.09 bits per heavy atom. The summed E-state index contributed by atoms with van der Waals surface area (Å²) in [7, 11) is 1.31. The number of aromatic nitrogens is 2. The Hall–Kier alpha value is -0.680. The van der Waals surface area contributed by atoms with Crippen molar-refractivity contribution in [3.05, 3.63) is 10.6 Å². The number of hydrogen-bond acceptors (Lipinski definition) is 5. The molecule has 0 aliphatic carbocycles. The van der Waals surface area contributed by atoms with E-state index < -0.39 is 5.97 Å². The monoisotopic (exact) mass is 192 g/mol. The third kappa shape index (κ3) is 1.66. The van der Waals surface area contributed by atoms with Crippen molar-refractivity contribution in [3.63, 3.8) is 0 Å². The van der Waals surface area contributed by atoms with Gasteiger partial charge in [0.1, 0.15) is 5.69 Å². The highest BCUT2D eigenvalue weighted by Gasteiger charge is 2.14. The van der Waals surface area contributed by atoms with Crippen LogP contribution in [0.2, 0.25) is 0 Å². The highest BCUT2D eigenvalue weighted by atomic mass is 35.5. The number of alkyl halides is 1. The molecule has 0 bridgehead atoms. The molecular weight excluding hydrogens is 188 g/mol. The SMILES string of the molecule is COC(=O)c1snnc1CCl. The van der Waals surface area contributed by atoms with E-state index in [2.05, 4.69) is 14.3 Å². The van der Waals surface area contributed by atoms with Crippen LogP contribution in [-0.2, 0) is 10.6 Å². The Balaban J connectivity index is 2.92. The first-order valence-electron chi connectivity index (χ1n) is 2.75. The third-order valence-corrected chi connectivity index (χ3v) is 2.05. The van der Waals surface area contributed by atoms with Gasteiger partial charge in [0, 0.05) is 0 Å². The van der Waals surface area contributed by atoms with Crippen molar-refractivity contribution in [2.45, 2.75) is 5.88 Å². The number of esters is 1. The smallest absolute Gasteiger partial charge is 0.351 e. The molecule has 0 aliphatic rings. The first-order chi connectivity index (χ1) is 5.29. The molecule has 0 radical (unpaired) electrons. The summed E-state index contributed by atoms with van der Waals surface area (Å²) in [5, 5.41) is 3.64. The van der Waals surface area contributed by atoms with Crippen LogP contribution in [0.4, 0.5) is 0 Å². The van der Waals surface area contributed by atoms with Crippen LogP contribution in [-0.4, -0.2) is 22.7 Å². The second kappa shape index (κ2) is 3.64. The lowest BCUT2D eigenvalue weighted by molar-refractivity contribution is 0.0605. The van der Waals surface area contributed by atoms with Crippen LogP contribution in [0.15, 0.2) is 0 Å². The Morgan fingerprint density at radius 1 is 1.82 bits per heavy atom. The van der Waals surface area contributed by atoms with Crippen LogP contribution in [0.5, 0.6) is 0 Å². The van der Waals surface area contributed by atoms with Gasteiger partial charge in [0.15, 0.2) is 4.88 Å². The van der Waals surface area contributed by atoms with E-state index in [1.807, 2.05) is 0 Å². The van der Waals surface area contributed by atoms with Gasteiger partial charge in [-0.15, -0.1) is 16.7 Å². The van der Waals surface area contributed by atoms with Gasteiger partial charge < -0.3 is 4.74 Å². The summed E-state index contributed by atoms with van der Waals surface area (Å²) in [6, 6.07) is 0. The highest BCUT2D eigenvalue weighted by Crippen LogP contribution is 2.13. The minimum absolute atomic E-state index is 0.181. The Kier molecular flexibility index (Phi) is 2.78. The maximum atomic E-state index is 10.9. The number of ether oxygens (including phenoxy) is 1. The van der Waals surface area contributed by atoms with E-state index in [0.717, 1.165) is 11.5 Å². The maximum absolute atomic E-state index is 10.9. The first kappa shape index (κ1) is 8.42. The maximum Gasteiger partial charge on any atom is 0.351 e. The van der Waals surface area contributed by atoms with Crippen LogP contribution in [0.3, 0.4) is 0 Å². The van der Waals surface area contributed by atoms with Gasteiger partial charge in [-0.2, -0.15) is 0 Å². The molecule has 60 valence electrons. The van der Waals surface area contributed by atoms with Gasteiger partial charge in [-0.05, 0) is 11.5 Å². The number of halogens is 1. The van der Waals surface area contributed by atoms with E-state index >= 15 is 0 Å². The fraction of sp³-hybridized carbons (Fsp3) is 0.400. The van der Waals surface area contributed by atoms with Gasteiger partial charge >= 0.3 is 5.97 Å². The zero-order chi connectivity index (χ0) is 8.27. The summed E-state index contributed by atoms with van der Waals surface area (Å²) in [4.78, 5) is 11.3. The summed E-state index contributed by atoms with van der Waals surface area (Å²) in [6.07, 6.45) is 0. The molecule has 0 fully saturated rings. The second-order valence-electron chi connectivity index (χ2n) is 1.67. The molecule has 0 spiro atoms. The minimum Gasteiger partial charge on any atom is -0.465 e. The Morgan fingerprint density at radius 2 is 2.55 bits per heavy atom. The van der Waals surface area contributed by atoms with Gasteiger partial charge in [-0.25, -0.2) is 4.79 Å². The minimum atomic E-state index is -0.435. The topological polar surface area (TPSA) is 52.1 Å². The average molecular weight is 193 g/mol. The molecule has 0 saturated carbocycles. The molecule has 1 aromatic heterocycles. The molecule has 11 heavy (non-hydrogen) atoms. The Bertz CT molecular complexity index is 263. The molecule has 0 N–H and O–H groups in total.